The highest BCUT2D eigenvalue weighted by Gasteiger charge is 2.15. The Morgan fingerprint density at radius 1 is 1.33 bits per heavy atom. The van der Waals surface area contributed by atoms with Gasteiger partial charge in [0, 0.05) is 5.56 Å². The van der Waals surface area contributed by atoms with Crippen molar-refractivity contribution in [2.24, 2.45) is 0 Å². The summed E-state index contributed by atoms with van der Waals surface area (Å²) >= 11 is 5.15. The number of rotatable bonds is 7. The van der Waals surface area contributed by atoms with Crippen molar-refractivity contribution in [1.82, 2.24) is 15.5 Å². The summed E-state index contributed by atoms with van der Waals surface area (Å²) < 4.78 is 6.18. The lowest BCUT2D eigenvalue weighted by atomic mass is 10.2. The molecule has 114 valence electrons. The molecule has 0 radical (unpaired) electrons. The summed E-state index contributed by atoms with van der Waals surface area (Å²) in [5, 5.41) is 14.2. The van der Waals surface area contributed by atoms with Crippen LogP contribution in [0.5, 0.6) is 5.75 Å². The van der Waals surface area contributed by atoms with Crippen LogP contribution < -0.4 is 10.1 Å². The molecule has 0 amide bonds. The Morgan fingerprint density at radius 2 is 2.14 bits per heavy atom. The lowest BCUT2D eigenvalue weighted by Crippen LogP contribution is -2.21. The highest BCUT2D eigenvalue weighted by atomic mass is 79.9. The fourth-order valence-electron chi connectivity index (χ4n) is 2.02. The van der Waals surface area contributed by atoms with Gasteiger partial charge < -0.3 is 10.1 Å². The second-order valence-electron chi connectivity index (χ2n) is 4.71. The van der Waals surface area contributed by atoms with Crippen molar-refractivity contribution in [2.45, 2.75) is 32.7 Å². The predicted octanol–water partition coefficient (Wildman–Crippen LogP) is 4.43. The Morgan fingerprint density at radius 3 is 2.76 bits per heavy atom. The lowest BCUT2D eigenvalue weighted by molar-refractivity contribution is 0.412. The van der Waals surface area contributed by atoms with Crippen LogP contribution in [-0.4, -0.2) is 23.9 Å². The highest BCUT2D eigenvalue weighted by Crippen LogP contribution is 2.33. The van der Waals surface area contributed by atoms with E-state index in [-0.39, 0.29) is 6.04 Å². The van der Waals surface area contributed by atoms with Crippen molar-refractivity contribution < 1.29 is 4.74 Å². The molecular weight excluding hydrogens is 350 g/mol. The van der Waals surface area contributed by atoms with Gasteiger partial charge in [0.25, 0.3) is 0 Å². The highest BCUT2D eigenvalue weighted by molar-refractivity contribution is 9.10. The number of nitrogens with zero attached hydrogens (tertiary/aromatic N) is 2. The third-order valence-electron chi connectivity index (χ3n) is 3.19. The second kappa shape index (κ2) is 7.87. The number of hydrogen-bond donors (Lipinski definition) is 1. The Labute approximate surface area is 138 Å². The number of nitrogens with one attached hydrogen (secondary N) is 1. The van der Waals surface area contributed by atoms with E-state index >= 15 is 0 Å². The van der Waals surface area contributed by atoms with Gasteiger partial charge in [-0.2, -0.15) is 0 Å². The van der Waals surface area contributed by atoms with E-state index in [0.29, 0.717) is 0 Å². The average Bonchev–Trinajstić information content (AvgIpc) is 2.98. The minimum atomic E-state index is 0.290. The van der Waals surface area contributed by atoms with Crippen LogP contribution in [0.25, 0.3) is 10.6 Å². The molecule has 4 nitrogen and oxygen atoms in total. The van der Waals surface area contributed by atoms with Crippen molar-refractivity contribution in [3.63, 3.8) is 0 Å². The Kier molecular flexibility index (Phi) is 6.14. The van der Waals surface area contributed by atoms with Crippen LogP contribution in [0.2, 0.25) is 0 Å². The van der Waals surface area contributed by atoms with E-state index in [9.17, 15) is 0 Å². The van der Waals surface area contributed by atoms with Crippen molar-refractivity contribution in [3.8, 4) is 16.3 Å². The summed E-state index contributed by atoms with van der Waals surface area (Å²) in [6.07, 6.45) is 2.13. The summed E-state index contributed by atoms with van der Waals surface area (Å²) in [7, 11) is 1.66. The van der Waals surface area contributed by atoms with Crippen LogP contribution in [0, 0.1) is 0 Å². The van der Waals surface area contributed by atoms with E-state index in [1.54, 1.807) is 18.4 Å². The Balaban J connectivity index is 2.20. The first-order valence-electron chi connectivity index (χ1n) is 7.10. The first kappa shape index (κ1) is 16.4. The number of benzene rings is 1. The number of halogens is 1. The van der Waals surface area contributed by atoms with Gasteiger partial charge in [-0.1, -0.05) is 25.2 Å². The minimum absolute atomic E-state index is 0.290. The molecule has 1 atom stereocenters. The minimum Gasteiger partial charge on any atom is -0.496 e. The van der Waals surface area contributed by atoms with Crippen LogP contribution in [-0.2, 0) is 0 Å². The van der Waals surface area contributed by atoms with Gasteiger partial charge in [0.05, 0.1) is 17.6 Å². The second-order valence-corrected chi connectivity index (χ2v) is 6.57. The van der Waals surface area contributed by atoms with Crippen molar-refractivity contribution in [1.29, 1.82) is 0 Å². The van der Waals surface area contributed by atoms with Gasteiger partial charge in [-0.25, -0.2) is 0 Å². The molecule has 21 heavy (non-hydrogen) atoms. The molecule has 1 aromatic carbocycles. The third kappa shape index (κ3) is 4.02. The van der Waals surface area contributed by atoms with Crippen LogP contribution in [0.15, 0.2) is 22.7 Å². The molecule has 6 heteroatoms. The first-order valence-corrected chi connectivity index (χ1v) is 8.71. The van der Waals surface area contributed by atoms with Crippen LogP contribution in [0.1, 0.15) is 37.7 Å². The average molecular weight is 370 g/mol. The normalized spacial score (nSPS) is 12.4. The van der Waals surface area contributed by atoms with Crippen LogP contribution in [0.4, 0.5) is 0 Å². The molecule has 0 aliphatic rings. The Hall–Kier alpha value is -0.980. The van der Waals surface area contributed by atoms with E-state index in [1.165, 1.54) is 0 Å². The zero-order valence-electron chi connectivity index (χ0n) is 12.5. The molecule has 0 fully saturated rings. The van der Waals surface area contributed by atoms with Gasteiger partial charge >= 0.3 is 0 Å². The van der Waals surface area contributed by atoms with Gasteiger partial charge in [-0.05, 0) is 53.5 Å². The van der Waals surface area contributed by atoms with Crippen molar-refractivity contribution in [2.75, 3.05) is 13.7 Å². The standard InChI is InChI=1S/C15H20BrN3OS/c1-4-8-17-12(5-2)15-19-18-14(21-15)10-6-7-13(20-3)11(16)9-10/h6-7,9,12,17H,4-5,8H2,1-3H3. The summed E-state index contributed by atoms with van der Waals surface area (Å²) in [5.41, 5.74) is 1.05. The topological polar surface area (TPSA) is 47.0 Å². The SMILES string of the molecule is CCCNC(CC)c1nnc(-c2ccc(OC)c(Br)c2)s1. The molecule has 0 saturated carbocycles. The van der Waals surface area contributed by atoms with Gasteiger partial charge in [0.2, 0.25) is 0 Å². The smallest absolute Gasteiger partial charge is 0.147 e. The molecule has 1 N–H and O–H groups in total. The molecule has 1 heterocycles. The number of methoxy groups -OCH3 is 1. The number of aromatic nitrogens is 2. The van der Waals surface area contributed by atoms with Gasteiger partial charge in [-0.3, -0.25) is 0 Å². The maximum absolute atomic E-state index is 5.25. The van der Waals surface area contributed by atoms with E-state index in [1.807, 2.05) is 18.2 Å². The molecule has 1 aromatic heterocycles. The third-order valence-corrected chi connectivity index (χ3v) is 4.89. The zero-order valence-corrected chi connectivity index (χ0v) is 14.9. The number of hydrogen-bond acceptors (Lipinski definition) is 5. The van der Waals surface area contributed by atoms with Crippen molar-refractivity contribution in [3.05, 3.63) is 27.7 Å². The summed E-state index contributed by atoms with van der Waals surface area (Å²) in [6.45, 7) is 5.33. The fourth-order valence-corrected chi connectivity index (χ4v) is 3.56. The molecule has 2 rings (SSSR count). The summed E-state index contributed by atoms with van der Waals surface area (Å²) in [5.74, 6) is 0.819. The molecule has 0 aliphatic carbocycles. The van der Waals surface area contributed by atoms with E-state index in [4.69, 9.17) is 4.74 Å². The van der Waals surface area contributed by atoms with Crippen LogP contribution in [0.3, 0.4) is 0 Å². The molecule has 0 saturated heterocycles. The lowest BCUT2D eigenvalue weighted by Gasteiger charge is -2.12. The maximum Gasteiger partial charge on any atom is 0.147 e. The van der Waals surface area contributed by atoms with E-state index < -0.39 is 0 Å². The largest absolute Gasteiger partial charge is 0.496 e. The zero-order chi connectivity index (χ0) is 15.2. The van der Waals surface area contributed by atoms with Crippen LogP contribution >= 0.6 is 27.3 Å². The van der Waals surface area contributed by atoms with E-state index in [2.05, 4.69) is 45.3 Å². The van der Waals surface area contributed by atoms with Crippen molar-refractivity contribution >= 4 is 27.3 Å². The summed E-state index contributed by atoms with van der Waals surface area (Å²) in [6, 6.07) is 6.25. The number of ether oxygens (including phenoxy) is 1. The molecule has 0 bridgehead atoms. The molecule has 0 spiro atoms. The quantitative estimate of drug-likeness (QED) is 0.784. The molecule has 1 unspecified atom stereocenters. The molecule has 0 aliphatic heterocycles. The van der Waals surface area contributed by atoms with Gasteiger partial charge in [0.1, 0.15) is 15.8 Å². The van der Waals surface area contributed by atoms with E-state index in [0.717, 1.165) is 45.2 Å². The van der Waals surface area contributed by atoms with Gasteiger partial charge in [0.15, 0.2) is 0 Å². The maximum atomic E-state index is 5.25. The predicted molar refractivity (Wildman–Crippen MR) is 90.9 cm³/mol. The first-order chi connectivity index (χ1) is 10.2. The summed E-state index contributed by atoms with van der Waals surface area (Å²) in [4.78, 5) is 0. The Bertz CT molecular complexity index is 588. The molecular formula is C15H20BrN3OS. The monoisotopic (exact) mass is 369 g/mol. The molecule has 2 aromatic rings. The fraction of sp³-hybridized carbons (Fsp3) is 0.467. The van der Waals surface area contributed by atoms with Gasteiger partial charge in [-0.15, -0.1) is 10.2 Å².